The van der Waals surface area contributed by atoms with Gasteiger partial charge in [-0.05, 0) is 48.7 Å². The van der Waals surface area contributed by atoms with Gasteiger partial charge in [-0.1, -0.05) is 24.3 Å². The number of amides is 1. The lowest BCUT2D eigenvalue weighted by atomic mass is 10.0. The average molecular weight is 376 g/mol. The van der Waals surface area contributed by atoms with Gasteiger partial charge < -0.3 is 15.4 Å². The second kappa shape index (κ2) is 7.08. The molecule has 0 bridgehead atoms. The zero-order chi connectivity index (χ0) is 19.8. The Bertz CT molecular complexity index is 993. The molecule has 1 heterocycles. The predicted molar refractivity (Wildman–Crippen MR) is 96.5 cm³/mol. The van der Waals surface area contributed by atoms with Gasteiger partial charge in [0.15, 0.2) is 0 Å². The molecule has 0 fully saturated rings. The molecular weight excluding hydrogens is 357 g/mol. The Morgan fingerprint density at radius 1 is 1.19 bits per heavy atom. The number of aromatic amines is 1. The second-order valence-corrected chi connectivity index (χ2v) is 6.54. The van der Waals surface area contributed by atoms with Crippen molar-refractivity contribution in [3.05, 3.63) is 70.4 Å². The summed E-state index contributed by atoms with van der Waals surface area (Å²) in [5.74, 6) is -0.494. The van der Waals surface area contributed by atoms with Crippen LogP contribution >= 0.6 is 0 Å². The molecule has 27 heavy (non-hydrogen) atoms. The number of hydrogen-bond donors (Lipinski definition) is 3. The average Bonchev–Trinajstić information content (AvgIpc) is 3.03. The van der Waals surface area contributed by atoms with Gasteiger partial charge in [0, 0.05) is 17.4 Å². The zero-order valence-electron chi connectivity index (χ0n) is 14.8. The molecule has 0 saturated heterocycles. The first-order chi connectivity index (χ1) is 12.7. The summed E-state index contributed by atoms with van der Waals surface area (Å²) in [6.07, 6.45) is -6.05. The van der Waals surface area contributed by atoms with Gasteiger partial charge >= 0.3 is 6.18 Å². The molecule has 3 N–H and O–H groups in total. The normalized spacial score (nSPS) is 13.0. The van der Waals surface area contributed by atoms with Crippen molar-refractivity contribution in [3.8, 4) is 0 Å². The summed E-state index contributed by atoms with van der Waals surface area (Å²) < 4.78 is 39.2. The Labute approximate surface area is 154 Å². The molecule has 1 aromatic heterocycles. The third-order valence-corrected chi connectivity index (χ3v) is 4.41. The Balaban J connectivity index is 1.76. The molecule has 1 atom stereocenters. The van der Waals surface area contributed by atoms with E-state index in [1.807, 2.05) is 26.0 Å². The van der Waals surface area contributed by atoms with Crippen molar-refractivity contribution in [2.45, 2.75) is 26.1 Å². The molecule has 7 heteroatoms. The van der Waals surface area contributed by atoms with E-state index in [4.69, 9.17) is 0 Å². The summed E-state index contributed by atoms with van der Waals surface area (Å²) in [7, 11) is 0. The van der Waals surface area contributed by atoms with Crippen molar-refractivity contribution in [1.29, 1.82) is 0 Å². The summed E-state index contributed by atoms with van der Waals surface area (Å²) in [6.45, 7) is 3.55. The maximum absolute atomic E-state index is 13.1. The van der Waals surface area contributed by atoms with Crippen LogP contribution in [-0.2, 0) is 6.18 Å². The fourth-order valence-electron chi connectivity index (χ4n) is 3.16. The van der Waals surface area contributed by atoms with Crippen molar-refractivity contribution in [2.24, 2.45) is 0 Å². The van der Waals surface area contributed by atoms with E-state index in [1.165, 1.54) is 18.2 Å². The first kappa shape index (κ1) is 19.0. The number of nitrogens with one attached hydrogen (secondary N) is 2. The van der Waals surface area contributed by atoms with Crippen LogP contribution in [0.1, 0.15) is 38.8 Å². The Morgan fingerprint density at radius 3 is 2.59 bits per heavy atom. The minimum absolute atomic E-state index is 0.270. The van der Waals surface area contributed by atoms with Crippen LogP contribution in [0.5, 0.6) is 0 Å². The Hall–Kier alpha value is -2.80. The summed E-state index contributed by atoms with van der Waals surface area (Å²) in [6, 6.07) is 10.4. The molecule has 0 aliphatic rings. The van der Waals surface area contributed by atoms with Gasteiger partial charge in [0.1, 0.15) is 5.69 Å². The topological polar surface area (TPSA) is 65.1 Å². The largest absolute Gasteiger partial charge is 0.416 e. The Morgan fingerprint density at radius 2 is 1.89 bits per heavy atom. The smallest absolute Gasteiger partial charge is 0.387 e. The SMILES string of the molecule is Cc1cc(C)c2cc(C(=O)NCC(O)c3ccccc3C(F)(F)F)[nH]c2c1. The molecule has 1 amide bonds. The quantitative estimate of drug-likeness (QED) is 0.637. The first-order valence-electron chi connectivity index (χ1n) is 8.39. The van der Waals surface area contributed by atoms with Crippen LogP contribution in [0.15, 0.2) is 42.5 Å². The highest BCUT2D eigenvalue weighted by Gasteiger charge is 2.34. The fourth-order valence-corrected chi connectivity index (χ4v) is 3.16. The molecule has 0 aliphatic carbocycles. The van der Waals surface area contributed by atoms with Crippen molar-refractivity contribution in [1.82, 2.24) is 10.3 Å². The number of halogens is 3. The predicted octanol–water partition coefficient (Wildman–Crippen LogP) is 4.27. The van der Waals surface area contributed by atoms with Crippen LogP contribution in [0.4, 0.5) is 13.2 Å². The summed E-state index contributed by atoms with van der Waals surface area (Å²) in [5.41, 5.74) is 1.97. The summed E-state index contributed by atoms with van der Waals surface area (Å²) >= 11 is 0. The van der Waals surface area contributed by atoms with Gasteiger partial charge in [-0.15, -0.1) is 0 Å². The molecule has 3 aromatic rings. The number of aliphatic hydroxyl groups excluding tert-OH is 1. The van der Waals surface area contributed by atoms with Crippen molar-refractivity contribution in [2.75, 3.05) is 6.54 Å². The maximum Gasteiger partial charge on any atom is 0.416 e. The van der Waals surface area contributed by atoms with Crippen LogP contribution in [0, 0.1) is 13.8 Å². The number of benzene rings is 2. The van der Waals surface area contributed by atoms with E-state index in [9.17, 15) is 23.1 Å². The molecule has 0 saturated carbocycles. The lowest BCUT2D eigenvalue weighted by Crippen LogP contribution is -2.29. The molecule has 3 rings (SSSR count). The van der Waals surface area contributed by atoms with Crippen LogP contribution in [-0.4, -0.2) is 22.5 Å². The molecule has 4 nitrogen and oxygen atoms in total. The summed E-state index contributed by atoms with van der Waals surface area (Å²) in [4.78, 5) is 15.4. The lowest BCUT2D eigenvalue weighted by molar-refractivity contribution is -0.139. The highest BCUT2D eigenvalue weighted by Crippen LogP contribution is 2.34. The maximum atomic E-state index is 13.1. The van der Waals surface area contributed by atoms with Gasteiger partial charge in [-0.25, -0.2) is 0 Å². The number of fused-ring (bicyclic) bond motifs is 1. The highest BCUT2D eigenvalue weighted by atomic mass is 19.4. The molecule has 0 aliphatic heterocycles. The number of aliphatic hydroxyl groups is 1. The number of aryl methyl sites for hydroxylation is 2. The van der Waals surface area contributed by atoms with Gasteiger partial charge in [-0.3, -0.25) is 4.79 Å². The van der Waals surface area contributed by atoms with Crippen molar-refractivity contribution < 1.29 is 23.1 Å². The molecule has 0 radical (unpaired) electrons. The zero-order valence-corrected chi connectivity index (χ0v) is 14.8. The minimum Gasteiger partial charge on any atom is -0.387 e. The third-order valence-electron chi connectivity index (χ3n) is 4.41. The van der Waals surface area contributed by atoms with Crippen LogP contribution < -0.4 is 5.32 Å². The van der Waals surface area contributed by atoms with E-state index in [0.717, 1.165) is 28.1 Å². The monoisotopic (exact) mass is 376 g/mol. The molecule has 1 unspecified atom stereocenters. The fraction of sp³-hybridized carbons (Fsp3) is 0.250. The molecule has 2 aromatic carbocycles. The van der Waals surface area contributed by atoms with Crippen molar-refractivity contribution >= 4 is 16.8 Å². The second-order valence-electron chi connectivity index (χ2n) is 6.54. The first-order valence-corrected chi connectivity index (χ1v) is 8.39. The van der Waals surface area contributed by atoms with Crippen molar-refractivity contribution in [3.63, 3.8) is 0 Å². The van der Waals surface area contributed by atoms with Gasteiger partial charge in [0.2, 0.25) is 0 Å². The minimum atomic E-state index is -4.58. The van der Waals surface area contributed by atoms with E-state index in [1.54, 1.807) is 6.07 Å². The van der Waals surface area contributed by atoms with Crippen LogP contribution in [0.2, 0.25) is 0 Å². The van der Waals surface area contributed by atoms with Crippen LogP contribution in [0.3, 0.4) is 0 Å². The molecular formula is C20H19F3N2O2. The number of carbonyl (C=O) groups excluding carboxylic acids is 1. The van der Waals surface area contributed by atoms with E-state index in [0.29, 0.717) is 0 Å². The van der Waals surface area contributed by atoms with Gasteiger partial charge in [0.05, 0.1) is 11.7 Å². The number of rotatable bonds is 4. The highest BCUT2D eigenvalue weighted by molar-refractivity contribution is 5.99. The van der Waals surface area contributed by atoms with Gasteiger partial charge in [0.25, 0.3) is 5.91 Å². The number of carbonyl (C=O) groups is 1. The number of alkyl halides is 3. The van der Waals surface area contributed by atoms with E-state index < -0.39 is 23.8 Å². The van der Waals surface area contributed by atoms with E-state index in [2.05, 4.69) is 10.3 Å². The number of aromatic nitrogens is 1. The van der Waals surface area contributed by atoms with Gasteiger partial charge in [-0.2, -0.15) is 13.2 Å². The van der Waals surface area contributed by atoms with E-state index >= 15 is 0 Å². The third kappa shape index (κ3) is 3.98. The van der Waals surface area contributed by atoms with E-state index in [-0.39, 0.29) is 17.8 Å². The lowest BCUT2D eigenvalue weighted by Gasteiger charge is -2.17. The standard InChI is InChI=1S/C20H19F3N2O2/c1-11-7-12(2)14-9-17(25-16(14)8-11)19(27)24-10-18(26)13-5-3-4-6-15(13)20(21,22)23/h3-9,18,25-26H,10H2,1-2H3,(H,24,27). The molecule has 0 spiro atoms. The molecule has 142 valence electrons. The van der Waals surface area contributed by atoms with Crippen LogP contribution in [0.25, 0.3) is 10.9 Å². The number of hydrogen-bond acceptors (Lipinski definition) is 2. The number of H-pyrrole nitrogens is 1. The Kier molecular flexibility index (Phi) is 4.97. The summed E-state index contributed by atoms with van der Waals surface area (Å²) in [5, 5.41) is 13.5.